The van der Waals surface area contributed by atoms with E-state index in [2.05, 4.69) is 15.1 Å². The van der Waals surface area contributed by atoms with Gasteiger partial charge in [0.15, 0.2) is 0 Å². The molecular weight excluding hydrogens is 342 g/mol. The maximum absolute atomic E-state index is 12.8. The largest absolute Gasteiger partial charge is 0.361 e. The van der Waals surface area contributed by atoms with Crippen molar-refractivity contribution in [2.24, 2.45) is 0 Å². The third kappa shape index (κ3) is 3.45. The number of amides is 1. The lowest BCUT2D eigenvalue weighted by molar-refractivity contribution is -0.131. The van der Waals surface area contributed by atoms with Crippen molar-refractivity contribution in [3.05, 3.63) is 59.6 Å². The number of rotatable bonds is 4. The van der Waals surface area contributed by atoms with Gasteiger partial charge in [0.25, 0.3) is 0 Å². The Bertz CT molecular complexity index is 935. The topological polar surface area (TPSA) is 85.0 Å². The van der Waals surface area contributed by atoms with Gasteiger partial charge in [0, 0.05) is 18.9 Å². The second kappa shape index (κ2) is 7.26. The summed E-state index contributed by atoms with van der Waals surface area (Å²) in [7, 11) is 0. The molecule has 7 nitrogen and oxygen atoms in total. The van der Waals surface area contributed by atoms with Gasteiger partial charge in [-0.1, -0.05) is 11.2 Å². The molecule has 1 aliphatic rings. The molecule has 27 heavy (non-hydrogen) atoms. The van der Waals surface area contributed by atoms with Gasteiger partial charge in [-0.15, -0.1) is 0 Å². The van der Waals surface area contributed by atoms with Gasteiger partial charge in [0.2, 0.25) is 5.91 Å². The molecule has 0 bridgehead atoms. The van der Waals surface area contributed by atoms with Crippen LogP contribution >= 0.6 is 0 Å². The maximum Gasteiger partial charge on any atom is 0.227 e. The number of aryl methyl sites for hydroxylation is 2. The number of pyridine rings is 1. The van der Waals surface area contributed by atoms with Gasteiger partial charge in [0.05, 0.1) is 47.5 Å². The number of nitrogens with zero attached hydrogens (tertiary/aromatic N) is 5. The molecule has 0 N–H and O–H groups in total. The van der Waals surface area contributed by atoms with Gasteiger partial charge < -0.3 is 9.42 Å². The zero-order chi connectivity index (χ0) is 18.8. The van der Waals surface area contributed by atoms with Crippen LogP contribution in [0, 0.1) is 13.8 Å². The standard InChI is InChI=1S/C20H21N5O2/c1-13-20(14(2)27-24-13)17-12-22-11-16(23-17)18-6-4-8-25(18)19(26)9-15-5-3-7-21-10-15/h3,5,7,10-12,18H,4,6,8-9H2,1-2H3/t18-/m1/s1. The number of likely N-dealkylation sites (tertiary alicyclic amines) is 1. The molecule has 4 rings (SSSR count). The van der Waals surface area contributed by atoms with Crippen LogP contribution in [0.4, 0.5) is 0 Å². The summed E-state index contributed by atoms with van der Waals surface area (Å²) in [4.78, 5) is 28.0. The van der Waals surface area contributed by atoms with Crippen LogP contribution in [0.3, 0.4) is 0 Å². The van der Waals surface area contributed by atoms with Crippen LogP contribution in [-0.2, 0) is 11.2 Å². The zero-order valence-electron chi connectivity index (χ0n) is 15.4. The van der Waals surface area contributed by atoms with E-state index in [1.165, 1.54) is 0 Å². The monoisotopic (exact) mass is 363 g/mol. The molecule has 7 heteroatoms. The fraction of sp³-hybridized carbons (Fsp3) is 0.350. The molecule has 0 unspecified atom stereocenters. The van der Waals surface area contributed by atoms with Crippen LogP contribution < -0.4 is 0 Å². The summed E-state index contributed by atoms with van der Waals surface area (Å²) < 4.78 is 5.25. The lowest BCUT2D eigenvalue weighted by Crippen LogP contribution is -2.32. The smallest absolute Gasteiger partial charge is 0.227 e. The van der Waals surface area contributed by atoms with Gasteiger partial charge in [-0.25, -0.2) is 4.98 Å². The highest BCUT2D eigenvalue weighted by Crippen LogP contribution is 2.33. The Morgan fingerprint density at radius 3 is 2.89 bits per heavy atom. The van der Waals surface area contributed by atoms with E-state index in [0.29, 0.717) is 6.42 Å². The first-order valence-electron chi connectivity index (χ1n) is 9.07. The molecule has 4 heterocycles. The summed E-state index contributed by atoms with van der Waals surface area (Å²) in [6.45, 7) is 4.49. The SMILES string of the molecule is Cc1noc(C)c1-c1cncc([C@H]2CCCN2C(=O)Cc2cccnc2)n1. The molecule has 0 saturated carbocycles. The summed E-state index contributed by atoms with van der Waals surface area (Å²) in [6.07, 6.45) is 9.11. The van der Waals surface area contributed by atoms with E-state index in [4.69, 9.17) is 9.51 Å². The quantitative estimate of drug-likeness (QED) is 0.708. The average Bonchev–Trinajstić information content (AvgIpc) is 3.29. The van der Waals surface area contributed by atoms with Crippen molar-refractivity contribution >= 4 is 5.91 Å². The molecule has 1 fully saturated rings. The minimum Gasteiger partial charge on any atom is -0.361 e. The lowest BCUT2D eigenvalue weighted by Gasteiger charge is -2.24. The lowest BCUT2D eigenvalue weighted by atomic mass is 10.1. The van der Waals surface area contributed by atoms with Gasteiger partial charge >= 0.3 is 0 Å². The molecule has 1 saturated heterocycles. The highest BCUT2D eigenvalue weighted by molar-refractivity contribution is 5.79. The summed E-state index contributed by atoms with van der Waals surface area (Å²) >= 11 is 0. The molecular formula is C20H21N5O2. The summed E-state index contributed by atoms with van der Waals surface area (Å²) in [5.41, 5.74) is 4.12. The Hall–Kier alpha value is -3.09. The van der Waals surface area contributed by atoms with Crippen molar-refractivity contribution in [1.29, 1.82) is 0 Å². The fourth-order valence-electron chi connectivity index (χ4n) is 3.66. The van der Waals surface area contributed by atoms with Crippen molar-refractivity contribution < 1.29 is 9.32 Å². The first-order chi connectivity index (χ1) is 13.1. The molecule has 3 aromatic rings. The number of carbonyl (C=O) groups excluding carboxylic acids is 1. The Labute approximate surface area is 157 Å². The van der Waals surface area contributed by atoms with Crippen LogP contribution in [0.5, 0.6) is 0 Å². The second-order valence-electron chi connectivity index (χ2n) is 6.81. The zero-order valence-corrected chi connectivity index (χ0v) is 15.4. The fourth-order valence-corrected chi connectivity index (χ4v) is 3.66. The van der Waals surface area contributed by atoms with Gasteiger partial charge in [0.1, 0.15) is 5.76 Å². The molecule has 1 amide bonds. The Morgan fingerprint density at radius 2 is 2.15 bits per heavy atom. The van der Waals surface area contributed by atoms with Crippen molar-refractivity contribution in [3.8, 4) is 11.3 Å². The van der Waals surface area contributed by atoms with Crippen molar-refractivity contribution in [2.75, 3.05) is 6.54 Å². The van der Waals surface area contributed by atoms with E-state index in [1.807, 2.05) is 30.9 Å². The third-order valence-electron chi connectivity index (χ3n) is 4.94. The first kappa shape index (κ1) is 17.3. The molecule has 0 radical (unpaired) electrons. The van der Waals surface area contributed by atoms with Crippen LogP contribution in [0.25, 0.3) is 11.3 Å². The molecule has 1 atom stereocenters. The highest BCUT2D eigenvalue weighted by Gasteiger charge is 2.31. The van der Waals surface area contributed by atoms with E-state index in [9.17, 15) is 4.79 Å². The second-order valence-corrected chi connectivity index (χ2v) is 6.81. The Morgan fingerprint density at radius 1 is 1.26 bits per heavy atom. The molecule has 138 valence electrons. The Kier molecular flexibility index (Phi) is 4.66. The number of hydrogen-bond acceptors (Lipinski definition) is 6. The average molecular weight is 363 g/mol. The van der Waals surface area contributed by atoms with Crippen molar-refractivity contribution in [1.82, 2.24) is 25.0 Å². The number of carbonyl (C=O) groups is 1. The minimum absolute atomic E-state index is 0.0536. The van der Waals surface area contributed by atoms with Gasteiger partial charge in [-0.2, -0.15) is 0 Å². The van der Waals surface area contributed by atoms with Gasteiger partial charge in [-0.3, -0.25) is 14.8 Å². The molecule has 0 aromatic carbocycles. The van der Waals surface area contributed by atoms with Crippen molar-refractivity contribution in [2.45, 2.75) is 39.2 Å². The van der Waals surface area contributed by atoms with Crippen LogP contribution in [0.1, 0.15) is 41.6 Å². The number of aromatic nitrogens is 4. The summed E-state index contributed by atoms with van der Waals surface area (Å²) in [5, 5.41) is 4.00. The van der Waals surface area contributed by atoms with Crippen LogP contribution in [-0.4, -0.2) is 37.5 Å². The minimum atomic E-state index is -0.0536. The molecule has 0 aliphatic carbocycles. The predicted octanol–water partition coefficient (Wildman–Crippen LogP) is 3.05. The normalized spacial score (nSPS) is 16.7. The molecule has 1 aliphatic heterocycles. The summed E-state index contributed by atoms with van der Waals surface area (Å²) in [5.74, 6) is 0.810. The predicted molar refractivity (Wildman–Crippen MR) is 98.6 cm³/mol. The van der Waals surface area contributed by atoms with E-state index in [1.54, 1.807) is 24.8 Å². The third-order valence-corrected chi connectivity index (χ3v) is 4.94. The van der Waals surface area contributed by atoms with E-state index >= 15 is 0 Å². The van der Waals surface area contributed by atoms with Crippen LogP contribution in [0.15, 0.2) is 41.4 Å². The first-order valence-corrected chi connectivity index (χ1v) is 9.07. The van der Waals surface area contributed by atoms with E-state index < -0.39 is 0 Å². The Balaban J connectivity index is 1.59. The van der Waals surface area contributed by atoms with Crippen molar-refractivity contribution in [3.63, 3.8) is 0 Å². The van der Waals surface area contributed by atoms with E-state index in [-0.39, 0.29) is 11.9 Å². The maximum atomic E-state index is 12.8. The molecule has 0 spiro atoms. The van der Waals surface area contributed by atoms with Crippen LogP contribution in [0.2, 0.25) is 0 Å². The summed E-state index contributed by atoms with van der Waals surface area (Å²) in [6, 6.07) is 3.72. The number of hydrogen-bond donors (Lipinski definition) is 0. The van der Waals surface area contributed by atoms with Gasteiger partial charge in [-0.05, 0) is 38.3 Å². The highest BCUT2D eigenvalue weighted by atomic mass is 16.5. The van der Waals surface area contributed by atoms with E-state index in [0.717, 1.165) is 53.4 Å². The molecule has 3 aromatic heterocycles.